The minimum absolute atomic E-state index is 0.00160. The lowest BCUT2D eigenvalue weighted by atomic mass is 10.0. The van der Waals surface area contributed by atoms with Crippen LogP contribution in [-0.4, -0.2) is 59.9 Å². The monoisotopic (exact) mass is 397 g/mol. The summed E-state index contributed by atoms with van der Waals surface area (Å²) in [6, 6.07) is -0.147. The highest BCUT2D eigenvalue weighted by Gasteiger charge is 2.29. The molecule has 1 aromatic rings. The standard InChI is InChI=1S/C18H27N3O5S/c1-12-13(2)27-18(24)21(12)9-16(22)20-7-4-3-5-15(20)11-26-17(23)19-14-6-8-25-10-14/h14-15H,3-11H2,1-2H3,(H,19,23). The molecule has 2 fully saturated rings. The Labute approximate surface area is 162 Å². The van der Waals surface area contributed by atoms with E-state index in [1.54, 1.807) is 4.90 Å². The van der Waals surface area contributed by atoms with Gasteiger partial charge in [-0.3, -0.25) is 14.2 Å². The predicted molar refractivity (Wildman–Crippen MR) is 101 cm³/mol. The van der Waals surface area contributed by atoms with Gasteiger partial charge < -0.3 is 19.7 Å². The lowest BCUT2D eigenvalue weighted by Crippen LogP contribution is -2.49. The first-order chi connectivity index (χ1) is 13.0. The molecule has 27 heavy (non-hydrogen) atoms. The summed E-state index contributed by atoms with van der Waals surface area (Å²) in [6.07, 6.45) is 3.03. The van der Waals surface area contributed by atoms with E-state index >= 15 is 0 Å². The second kappa shape index (κ2) is 8.88. The van der Waals surface area contributed by atoms with Crippen molar-refractivity contribution < 1.29 is 19.1 Å². The van der Waals surface area contributed by atoms with Crippen LogP contribution >= 0.6 is 11.3 Å². The fourth-order valence-corrected chi connectivity index (χ4v) is 4.36. The largest absolute Gasteiger partial charge is 0.447 e. The smallest absolute Gasteiger partial charge is 0.407 e. The Morgan fingerprint density at radius 1 is 1.30 bits per heavy atom. The van der Waals surface area contributed by atoms with Crippen molar-refractivity contribution in [2.45, 2.75) is 58.2 Å². The molecular weight excluding hydrogens is 370 g/mol. The summed E-state index contributed by atoms with van der Waals surface area (Å²) < 4.78 is 12.1. The molecule has 2 amide bonds. The van der Waals surface area contributed by atoms with E-state index in [-0.39, 0.29) is 36.0 Å². The Morgan fingerprint density at radius 2 is 2.11 bits per heavy atom. The minimum Gasteiger partial charge on any atom is -0.447 e. The van der Waals surface area contributed by atoms with Crippen LogP contribution in [0.4, 0.5) is 4.79 Å². The van der Waals surface area contributed by atoms with Gasteiger partial charge in [0.05, 0.1) is 18.7 Å². The van der Waals surface area contributed by atoms with Crippen LogP contribution in [-0.2, 0) is 20.8 Å². The number of carbonyl (C=O) groups excluding carboxylic acids is 2. The van der Waals surface area contributed by atoms with Crippen molar-refractivity contribution in [1.82, 2.24) is 14.8 Å². The molecule has 2 aliphatic heterocycles. The van der Waals surface area contributed by atoms with E-state index < -0.39 is 6.09 Å². The molecule has 2 atom stereocenters. The molecule has 150 valence electrons. The van der Waals surface area contributed by atoms with Crippen molar-refractivity contribution in [2.75, 3.05) is 26.4 Å². The first kappa shape index (κ1) is 19.9. The lowest BCUT2D eigenvalue weighted by molar-refractivity contribution is -0.136. The maximum absolute atomic E-state index is 12.8. The molecule has 3 rings (SSSR count). The van der Waals surface area contributed by atoms with Gasteiger partial charge in [0.1, 0.15) is 13.2 Å². The van der Waals surface area contributed by atoms with Crippen molar-refractivity contribution in [1.29, 1.82) is 0 Å². The average Bonchev–Trinajstić information content (AvgIpc) is 3.24. The molecule has 2 saturated heterocycles. The third-order valence-corrected chi connectivity index (χ3v) is 6.27. The van der Waals surface area contributed by atoms with Gasteiger partial charge in [0.25, 0.3) is 0 Å². The van der Waals surface area contributed by atoms with E-state index in [2.05, 4.69) is 5.32 Å². The SMILES string of the molecule is Cc1sc(=O)n(CC(=O)N2CCCCC2COC(=O)NC2CCOC2)c1C. The van der Waals surface area contributed by atoms with Crippen molar-refractivity contribution >= 4 is 23.3 Å². The number of alkyl carbamates (subject to hydrolysis) is 1. The van der Waals surface area contributed by atoms with Crippen molar-refractivity contribution in [3.63, 3.8) is 0 Å². The molecule has 0 radical (unpaired) electrons. The molecule has 0 spiro atoms. The topological polar surface area (TPSA) is 89.9 Å². The maximum Gasteiger partial charge on any atom is 0.407 e. The average molecular weight is 397 g/mol. The molecule has 0 bridgehead atoms. The number of nitrogens with one attached hydrogen (secondary N) is 1. The second-order valence-corrected chi connectivity index (χ2v) is 8.30. The Morgan fingerprint density at radius 3 is 2.78 bits per heavy atom. The Balaban J connectivity index is 1.56. The van der Waals surface area contributed by atoms with Gasteiger partial charge in [0.15, 0.2) is 0 Å². The van der Waals surface area contributed by atoms with Crippen LogP contribution in [0.25, 0.3) is 0 Å². The van der Waals surface area contributed by atoms with Crippen LogP contribution in [0.1, 0.15) is 36.3 Å². The van der Waals surface area contributed by atoms with Crippen LogP contribution in [0.15, 0.2) is 4.79 Å². The van der Waals surface area contributed by atoms with Gasteiger partial charge in [-0.15, -0.1) is 0 Å². The third kappa shape index (κ3) is 4.90. The summed E-state index contributed by atoms with van der Waals surface area (Å²) in [5.74, 6) is -0.101. The molecule has 2 unspecified atom stereocenters. The number of likely N-dealkylation sites (tertiary alicyclic amines) is 1. The second-order valence-electron chi connectivity index (χ2n) is 7.14. The summed E-state index contributed by atoms with van der Waals surface area (Å²) >= 11 is 1.16. The molecule has 0 saturated carbocycles. The van der Waals surface area contributed by atoms with Gasteiger partial charge in [-0.25, -0.2) is 4.79 Å². The molecule has 2 aliphatic rings. The van der Waals surface area contributed by atoms with Crippen LogP contribution in [0, 0.1) is 13.8 Å². The normalized spacial score (nSPS) is 22.7. The first-order valence-electron chi connectivity index (χ1n) is 9.43. The van der Waals surface area contributed by atoms with Gasteiger partial charge in [0.2, 0.25) is 5.91 Å². The number of rotatable bonds is 5. The highest BCUT2D eigenvalue weighted by atomic mass is 32.1. The van der Waals surface area contributed by atoms with Crippen molar-refractivity contribution in [3.05, 3.63) is 20.2 Å². The molecule has 1 N–H and O–H groups in total. The number of hydrogen-bond donors (Lipinski definition) is 1. The molecule has 8 nitrogen and oxygen atoms in total. The molecular formula is C18H27N3O5S. The van der Waals surface area contributed by atoms with E-state index in [9.17, 15) is 14.4 Å². The number of aromatic nitrogens is 1. The van der Waals surface area contributed by atoms with Gasteiger partial charge in [0, 0.05) is 23.7 Å². The number of ether oxygens (including phenoxy) is 2. The predicted octanol–water partition coefficient (Wildman–Crippen LogP) is 1.42. The van der Waals surface area contributed by atoms with Crippen LogP contribution in [0.3, 0.4) is 0 Å². The summed E-state index contributed by atoms with van der Waals surface area (Å²) in [5, 5.41) is 2.79. The van der Waals surface area contributed by atoms with E-state index in [4.69, 9.17) is 9.47 Å². The van der Waals surface area contributed by atoms with E-state index in [0.29, 0.717) is 19.8 Å². The molecule has 1 aromatic heterocycles. The molecule has 9 heteroatoms. The quantitative estimate of drug-likeness (QED) is 0.812. The van der Waals surface area contributed by atoms with Crippen LogP contribution in [0.2, 0.25) is 0 Å². The maximum atomic E-state index is 12.8. The number of carbonyl (C=O) groups is 2. The van der Waals surface area contributed by atoms with Gasteiger partial charge in [-0.1, -0.05) is 11.3 Å². The number of aryl methyl sites for hydroxylation is 1. The summed E-state index contributed by atoms with van der Waals surface area (Å²) in [6.45, 7) is 5.73. The number of amides is 2. The van der Waals surface area contributed by atoms with Crippen LogP contribution in [0.5, 0.6) is 0 Å². The highest BCUT2D eigenvalue weighted by Crippen LogP contribution is 2.19. The zero-order valence-corrected chi connectivity index (χ0v) is 16.7. The fraction of sp³-hybridized carbons (Fsp3) is 0.722. The van der Waals surface area contributed by atoms with Crippen molar-refractivity contribution in [2.24, 2.45) is 0 Å². The third-order valence-electron chi connectivity index (χ3n) is 5.27. The Bertz CT molecular complexity index is 738. The summed E-state index contributed by atoms with van der Waals surface area (Å²) in [4.78, 5) is 39.4. The first-order valence-corrected chi connectivity index (χ1v) is 10.2. The molecule has 3 heterocycles. The van der Waals surface area contributed by atoms with E-state index in [0.717, 1.165) is 47.6 Å². The number of thiazole rings is 1. The van der Waals surface area contributed by atoms with Crippen LogP contribution < -0.4 is 10.2 Å². The highest BCUT2D eigenvalue weighted by molar-refractivity contribution is 7.09. The Hall–Kier alpha value is -1.87. The molecule has 0 aromatic carbocycles. The zero-order valence-electron chi connectivity index (χ0n) is 15.9. The van der Waals surface area contributed by atoms with E-state index in [1.807, 2.05) is 13.8 Å². The summed E-state index contributed by atoms with van der Waals surface area (Å²) in [5.41, 5.74) is 0.835. The zero-order chi connectivity index (χ0) is 19.4. The minimum atomic E-state index is -0.469. The number of piperidine rings is 1. The lowest BCUT2D eigenvalue weighted by Gasteiger charge is -2.35. The van der Waals surface area contributed by atoms with E-state index in [1.165, 1.54) is 4.57 Å². The fourth-order valence-electron chi connectivity index (χ4n) is 3.53. The molecule has 0 aliphatic carbocycles. The number of hydrogen-bond acceptors (Lipinski definition) is 6. The van der Waals surface area contributed by atoms with Gasteiger partial charge in [-0.05, 0) is 39.5 Å². The number of nitrogens with zero attached hydrogens (tertiary/aromatic N) is 2. The van der Waals surface area contributed by atoms with Gasteiger partial charge >= 0.3 is 11.0 Å². The van der Waals surface area contributed by atoms with Crippen molar-refractivity contribution in [3.8, 4) is 0 Å². The Kier molecular flexibility index (Phi) is 6.54. The van der Waals surface area contributed by atoms with Gasteiger partial charge in [-0.2, -0.15) is 0 Å². The summed E-state index contributed by atoms with van der Waals surface area (Å²) in [7, 11) is 0.